The van der Waals surface area contributed by atoms with Crippen molar-refractivity contribution in [2.75, 3.05) is 27.3 Å². The predicted octanol–water partition coefficient (Wildman–Crippen LogP) is 2.43. The van der Waals surface area contributed by atoms with E-state index >= 15 is 0 Å². The van der Waals surface area contributed by atoms with Crippen molar-refractivity contribution in [3.05, 3.63) is 53.8 Å². The molecule has 1 aliphatic rings. The van der Waals surface area contributed by atoms with Crippen LogP contribution in [-0.2, 0) is 10.0 Å². The van der Waals surface area contributed by atoms with Crippen LogP contribution in [0.5, 0.6) is 11.5 Å². The third kappa shape index (κ3) is 4.68. The van der Waals surface area contributed by atoms with Gasteiger partial charge in [0.1, 0.15) is 5.82 Å². The van der Waals surface area contributed by atoms with Gasteiger partial charge in [-0.25, -0.2) is 17.5 Å². The second-order valence-corrected chi connectivity index (χ2v) is 8.40. The Bertz CT molecular complexity index is 988. The number of nitrogens with one attached hydrogen (secondary N) is 1. The number of nitrogens with zero attached hydrogens (tertiary/aromatic N) is 1. The van der Waals surface area contributed by atoms with Crippen LogP contribution in [0.1, 0.15) is 23.2 Å². The zero-order chi connectivity index (χ0) is 21.0. The molecule has 1 heterocycles. The molecule has 0 saturated carbocycles. The lowest BCUT2D eigenvalue weighted by atomic mass is 10.0. The number of rotatable bonds is 6. The Morgan fingerprint density at radius 3 is 2.34 bits per heavy atom. The summed E-state index contributed by atoms with van der Waals surface area (Å²) >= 11 is 0. The fourth-order valence-electron chi connectivity index (χ4n) is 3.28. The molecule has 3 rings (SSSR count). The molecular formula is C20H23FN2O5S. The maximum Gasteiger partial charge on any atom is 0.256 e. The highest BCUT2D eigenvalue weighted by Gasteiger charge is 2.28. The summed E-state index contributed by atoms with van der Waals surface area (Å²) < 4.78 is 52.2. The Labute approximate surface area is 169 Å². The zero-order valence-electron chi connectivity index (χ0n) is 16.2. The maximum atomic E-state index is 13.8. The molecule has 7 nitrogen and oxygen atoms in total. The number of amides is 1. The van der Waals surface area contributed by atoms with Gasteiger partial charge in [0.15, 0.2) is 11.5 Å². The second kappa shape index (κ2) is 8.79. The lowest BCUT2D eigenvalue weighted by molar-refractivity contribution is 0.0706. The number of sulfonamides is 1. The molecule has 1 fully saturated rings. The van der Waals surface area contributed by atoms with E-state index in [0.29, 0.717) is 37.4 Å². The molecule has 0 atom stereocenters. The van der Waals surface area contributed by atoms with Crippen LogP contribution in [0.15, 0.2) is 47.4 Å². The van der Waals surface area contributed by atoms with Gasteiger partial charge in [-0.3, -0.25) is 4.79 Å². The van der Waals surface area contributed by atoms with Crippen LogP contribution in [0.4, 0.5) is 4.39 Å². The largest absolute Gasteiger partial charge is 0.493 e. The SMILES string of the molecule is COc1ccc(S(=O)(=O)NC2CCN(C(=O)c3ccccc3F)CC2)cc1OC. The summed E-state index contributed by atoms with van der Waals surface area (Å²) in [6, 6.07) is 9.89. The minimum Gasteiger partial charge on any atom is -0.493 e. The number of hydrogen-bond acceptors (Lipinski definition) is 5. The summed E-state index contributed by atoms with van der Waals surface area (Å²) in [4.78, 5) is 14.1. The standard InChI is InChI=1S/C20H23FN2O5S/c1-27-18-8-7-15(13-19(18)28-2)29(25,26)22-14-9-11-23(12-10-14)20(24)16-5-3-4-6-17(16)21/h3-8,13-14,22H,9-12H2,1-2H3. The number of hydrogen-bond donors (Lipinski definition) is 1. The van der Waals surface area contributed by atoms with E-state index in [0.717, 1.165) is 0 Å². The van der Waals surface area contributed by atoms with Crippen molar-refractivity contribution in [3.63, 3.8) is 0 Å². The average Bonchev–Trinajstić information content (AvgIpc) is 2.73. The Morgan fingerprint density at radius 1 is 1.07 bits per heavy atom. The number of piperidine rings is 1. The van der Waals surface area contributed by atoms with Crippen molar-refractivity contribution in [2.24, 2.45) is 0 Å². The Hall–Kier alpha value is -2.65. The minimum absolute atomic E-state index is 0.0249. The normalized spacial score (nSPS) is 15.2. The zero-order valence-corrected chi connectivity index (χ0v) is 17.0. The Morgan fingerprint density at radius 2 is 1.72 bits per heavy atom. The van der Waals surface area contributed by atoms with Crippen LogP contribution in [0.3, 0.4) is 0 Å². The third-order valence-electron chi connectivity index (χ3n) is 4.87. The minimum atomic E-state index is -3.76. The molecule has 1 saturated heterocycles. The summed E-state index contributed by atoms with van der Waals surface area (Å²) in [5, 5.41) is 0. The predicted molar refractivity (Wildman–Crippen MR) is 105 cm³/mol. The van der Waals surface area contributed by atoms with Crippen molar-refractivity contribution < 1.29 is 27.1 Å². The van der Waals surface area contributed by atoms with Crippen LogP contribution in [0.2, 0.25) is 0 Å². The monoisotopic (exact) mass is 422 g/mol. The van der Waals surface area contributed by atoms with Gasteiger partial charge < -0.3 is 14.4 Å². The smallest absolute Gasteiger partial charge is 0.256 e. The van der Waals surface area contributed by atoms with Crippen molar-refractivity contribution in [3.8, 4) is 11.5 Å². The van der Waals surface area contributed by atoms with E-state index in [1.165, 1.54) is 50.6 Å². The van der Waals surface area contributed by atoms with Crippen molar-refractivity contribution in [2.45, 2.75) is 23.8 Å². The highest BCUT2D eigenvalue weighted by atomic mass is 32.2. The number of ether oxygens (including phenoxy) is 2. The number of carbonyl (C=O) groups is 1. The third-order valence-corrected chi connectivity index (χ3v) is 6.39. The summed E-state index contributed by atoms with van der Waals surface area (Å²) in [7, 11) is -0.856. The second-order valence-electron chi connectivity index (χ2n) is 6.68. The highest BCUT2D eigenvalue weighted by Crippen LogP contribution is 2.29. The molecule has 1 aliphatic heterocycles. The fraction of sp³-hybridized carbons (Fsp3) is 0.350. The van der Waals surface area contributed by atoms with Crippen LogP contribution in [0.25, 0.3) is 0 Å². The first kappa shape index (κ1) is 21.1. The Balaban J connectivity index is 1.64. The number of methoxy groups -OCH3 is 2. The van der Waals surface area contributed by atoms with Gasteiger partial charge in [0.25, 0.3) is 5.91 Å². The first-order valence-electron chi connectivity index (χ1n) is 9.14. The van der Waals surface area contributed by atoms with Crippen LogP contribution in [-0.4, -0.2) is 52.6 Å². The molecule has 1 amide bonds. The number of benzene rings is 2. The van der Waals surface area contributed by atoms with Crippen LogP contribution < -0.4 is 14.2 Å². The van der Waals surface area contributed by atoms with Gasteiger partial charge in [-0.2, -0.15) is 0 Å². The molecular weight excluding hydrogens is 399 g/mol. The molecule has 0 unspecified atom stereocenters. The van der Waals surface area contributed by atoms with Crippen LogP contribution in [0, 0.1) is 5.82 Å². The van der Waals surface area contributed by atoms with E-state index in [2.05, 4.69) is 4.72 Å². The number of carbonyl (C=O) groups excluding carboxylic acids is 1. The van der Waals surface area contributed by atoms with E-state index in [4.69, 9.17) is 9.47 Å². The van der Waals surface area contributed by atoms with Crippen molar-refractivity contribution in [1.82, 2.24) is 9.62 Å². The van der Waals surface area contributed by atoms with E-state index < -0.39 is 15.8 Å². The van der Waals surface area contributed by atoms with Gasteiger partial charge in [0, 0.05) is 25.2 Å². The molecule has 2 aromatic carbocycles. The maximum absolute atomic E-state index is 13.8. The first-order chi connectivity index (χ1) is 13.9. The van der Waals surface area contributed by atoms with E-state index in [9.17, 15) is 17.6 Å². The average molecular weight is 422 g/mol. The molecule has 0 bridgehead atoms. The lowest BCUT2D eigenvalue weighted by Gasteiger charge is -2.32. The molecule has 29 heavy (non-hydrogen) atoms. The fourth-order valence-corrected chi connectivity index (χ4v) is 4.60. The van der Waals surface area contributed by atoms with Gasteiger partial charge in [0.2, 0.25) is 10.0 Å². The molecule has 2 aromatic rings. The summed E-state index contributed by atoms with van der Waals surface area (Å²) in [5.41, 5.74) is 0.0249. The molecule has 9 heteroatoms. The first-order valence-corrected chi connectivity index (χ1v) is 10.6. The quantitative estimate of drug-likeness (QED) is 0.773. The van der Waals surface area contributed by atoms with Crippen molar-refractivity contribution in [1.29, 1.82) is 0 Å². The molecule has 0 radical (unpaired) electrons. The topological polar surface area (TPSA) is 84.9 Å². The van der Waals surface area contributed by atoms with Gasteiger partial charge in [-0.05, 0) is 37.1 Å². The number of halogens is 1. The summed E-state index contributed by atoms with van der Waals surface area (Å²) in [6.07, 6.45) is 0.874. The van der Waals surface area contributed by atoms with E-state index in [1.807, 2.05) is 0 Å². The summed E-state index contributed by atoms with van der Waals surface area (Å²) in [6.45, 7) is 0.679. The molecule has 0 aliphatic carbocycles. The molecule has 0 spiro atoms. The highest BCUT2D eigenvalue weighted by molar-refractivity contribution is 7.89. The van der Waals surface area contributed by atoms with Crippen LogP contribution >= 0.6 is 0 Å². The molecule has 1 N–H and O–H groups in total. The molecule has 0 aromatic heterocycles. The Kier molecular flexibility index (Phi) is 6.39. The van der Waals surface area contributed by atoms with Gasteiger partial charge in [-0.15, -0.1) is 0 Å². The number of likely N-dealkylation sites (tertiary alicyclic amines) is 1. The summed E-state index contributed by atoms with van der Waals surface area (Å²) in [5.74, 6) is -0.190. The van der Waals surface area contributed by atoms with Gasteiger partial charge in [0.05, 0.1) is 24.7 Å². The van der Waals surface area contributed by atoms with Gasteiger partial charge in [-0.1, -0.05) is 12.1 Å². The van der Waals surface area contributed by atoms with Gasteiger partial charge >= 0.3 is 0 Å². The lowest BCUT2D eigenvalue weighted by Crippen LogP contribution is -2.46. The molecule has 156 valence electrons. The van der Waals surface area contributed by atoms with E-state index in [1.54, 1.807) is 11.0 Å². The van der Waals surface area contributed by atoms with Crippen molar-refractivity contribution >= 4 is 15.9 Å². The van der Waals surface area contributed by atoms with E-state index in [-0.39, 0.29) is 22.4 Å².